The Hall–Kier alpha value is -1.74. The number of anilines is 1. The van der Waals surface area contributed by atoms with Crippen LogP contribution in [-0.2, 0) is 4.79 Å². The van der Waals surface area contributed by atoms with E-state index in [1.54, 1.807) is 6.07 Å². The number of amides is 3. The van der Waals surface area contributed by atoms with Crippen LogP contribution < -0.4 is 15.5 Å². The van der Waals surface area contributed by atoms with Gasteiger partial charge in [0.25, 0.3) is 0 Å². The highest BCUT2D eigenvalue weighted by Gasteiger charge is 2.28. The summed E-state index contributed by atoms with van der Waals surface area (Å²) >= 11 is 7.50. The van der Waals surface area contributed by atoms with Crippen LogP contribution in [0.25, 0.3) is 0 Å². The van der Waals surface area contributed by atoms with Gasteiger partial charge in [-0.1, -0.05) is 50.6 Å². The van der Waals surface area contributed by atoms with Crippen molar-refractivity contribution in [3.8, 4) is 0 Å². The molecule has 2 unspecified atom stereocenters. The minimum Gasteiger partial charge on any atom is -0.353 e. The summed E-state index contributed by atoms with van der Waals surface area (Å²) in [6, 6.07) is 1.87. The van der Waals surface area contributed by atoms with E-state index in [1.807, 2.05) is 18.7 Å². The summed E-state index contributed by atoms with van der Waals surface area (Å²) in [5.74, 6) is 1.28. The van der Waals surface area contributed by atoms with E-state index >= 15 is 0 Å². The number of carbonyl (C=O) groups is 2. The van der Waals surface area contributed by atoms with E-state index in [0.717, 1.165) is 18.7 Å². The average molecular weight is 471 g/mol. The third kappa shape index (κ3) is 8.03. The van der Waals surface area contributed by atoms with Crippen molar-refractivity contribution in [1.29, 1.82) is 0 Å². The number of rotatable bonds is 9. The topological polar surface area (TPSA) is 90.5 Å². The van der Waals surface area contributed by atoms with Gasteiger partial charge in [-0.25, -0.2) is 14.8 Å². The maximum absolute atomic E-state index is 12.4. The van der Waals surface area contributed by atoms with Crippen molar-refractivity contribution in [1.82, 2.24) is 25.5 Å². The molecule has 1 saturated heterocycles. The normalized spacial score (nSPS) is 17.6. The van der Waals surface area contributed by atoms with Crippen molar-refractivity contribution in [2.24, 2.45) is 5.92 Å². The third-order valence-electron chi connectivity index (χ3n) is 5.40. The van der Waals surface area contributed by atoms with Crippen LogP contribution in [0.1, 0.15) is 47.5 Å². The summed E-state index contributed by atoms with van der Waals surface area (Å²) in [4.78, 5) is 37.4. The molecule has 2 N–H and O–H groups in total. The number of aromatic nitrogens is 2. The first kappa shape index (κ1) is 25.5. The number of hydrogen-bond acceptors (Lipinski definition) is 6. The van der Waals surface area contributed by atoms with Gasteiger partial charge in [-0.05, 0) is 26.2 Å². The lowest BCUT2D eigenvalue weighted by Gasteiger charge is -2.40. The lowest BCUT2D eigenvalue weighted by molar-refractivity contribution is -0.119. The molecule has 0 bridgehead atoms. The molecule has 0 radical (unpaired) electrons. The van der Waals surface area contributed by atoms with Gasteiger partial charge in [0.1, 0.15) is 11.0 Å². The van der Waals surface area contributed by atoms with Gasteiger partial charge in [0.15, 0.2) is 5.16 Å². The second kappa shape index (κ2) is 12.3. The molecule has 1 aliphatic rings. The van der Waals surface area contributed by atoms with Gasteiger partial charge in [0.2, 0.25) is 5.91 Å². The number of nitrogens with one attached hydrogen (secondary N) is 2. The molecule has 3 amide bonds. The number of halogens is 1. The molecular weight excluding hydrogens is 436 g/mol. The van der Waals surface area contributed by atoms with Crippen LogP contribution in [0.3, 0.4) is 0 Å². The Bertz CT molecular complexity index is 751. The van der Waals surface area contributed by atoms with Gasteiger partial charge in [-0.15, -0.1) is 0 Å². The molecule has 0 spiro atoms. The highest BCUT2D eigenvalue weighted by atomic mass is 35.5. The Morgan fingerprint density at radius 3 is 2.68 bits per heavy atom. The fourth-order valence-electron chi connectivity index (χ4n) is 3.15. The Morgan fingerprint density at radius 1 is 1.29 bits per heavy atom. The van der Waals surface area contributed by atoms with Crippen molar-refractivity contribution in [2.45, 2.75) is 64.7 Å². The molecule has 0 aromatic carbocycles. The molecule has 1 aromatic heterocycles. The summed E-state index contributed by atoms with van der Waals surface area (Å²) < 4.78 is 0. The van der Waals surface area contributed by atoms with Crippen LogP contribution in [0.4, 0.5) is 10.6 Å². The van der Waals surface area contributed by atoms with E-state index in [0.29, 0.717) is 42.4 Å². The maximum atomic E-state index is 12.4. The fourth-order valence-corrected chi connectivity index (χ4v) is 4.04. The number of piperazine rings is 1. The molecule has 8 nitrogen and oxygen atoms in total. The van der Waals surface area contributed by atoms with Gasteiger partial charge in [-0.3, -0.25) is 4.79 Å². The molecule has 1 aromatic rings. The lowest BCUT2D eigenvalue weighted by atomic mass is 10.1. The Morgan fingerprint density at radius 2 is 2.03 bits per heavy atom. The minimum atomic E-state index is -0.0485. The molecule has 31 heavy (non-hydrogen) atoms. The van der Waals surface area contributed by atoms with E-state index in [1.165, 1.54) is 11.8 Å². The smallest absolute Gasteiger partial charge is 0.317 e. The first-order valence-corrected chi connectivity index (χ1v) is 12.3. The van der Waals surface area contributed by atoms with Crippen molar-refractivity contribution < 1.29 is 9.59 Å². The second-order valence-electron chi connectivity index (χ2n) is 8.29. The summed E-state index contributed by atoms with van der Waals surface area (Å²) in [7, 11) is 0. The van der Waals surface area contributed by atoms with Crippen LogP contribution in [-0.4, -0.2) is 70.8 Å². The van der Waals surface area contributed by atoms with E-state index in [9.17, 15) is 9.59 Å². The van der Waals surface area contributed by atoms with Crippen molar-refractivity contribution in [2.75, 3.05) is 36.8 Å². The molecule has 0 aliphatic carbocycles. The summed E-state index contributed by atoms with van der Waals surface area (Å²) in [5.41, 5.74) is 0. The monoisotopic (exact) mass is 470 g/mol. The van der Waals surface area contributed by atoms with Gasteiger partial charge in [0.05, 0.1) is 5.75 Å². The molecule has 10 heteroatoms. The maximum Gasteiger partial charge on any atom is 0.317 e. The molecule has 0 saturated carbocycles. The Balaban J connectivity index is 1.94. The molecule has 2 atom stereocenters. The fraction of sp³-hybridized carbons (Fsp3) is 0.714. The number of unbranched alkanes of at least 4 members (excludes halogenated alkanes) is 1. The third-order valence-corrected chi connectivity index (χ3v) is 6.44. The molecule has 2 rings (SSSR count). The van der Waals surface area contributed by atoms with Crippen LogP contribution >= 0.6 is 23.4 Å². The number of thioether (sulfide) groups is 1. The quantitative estimate of drug-likeness (QED) is 0.249. The first-order chi connectivity index (χ1) is 14.7. The van der Waals surface area contributed by atoms with E-state index in [2.05, 4.69) is 46.3 Å². The van der Waals surface area contributed by atoms with Gasteiger partial charge in [0, 0.05) is 44.3 Å². The van der Waals surface area contributed by atoms with E-state index < -0.39 is 0 Å². The predicted octanol–water partition coefficient (Wildman–Crippen LogP) is 3.40. The summed E-state index contributed by atoms with van der Waals surface area (Å²) in [5, 5.41) is 6.78. The van der Waals surface area contributed by atoms with Crippen molar-refractivity contribution in [3.05, 3.63) is 11.2 Å². The molecule has 174 valence electrons. The molecule has 2 heterocycles. The number of carbonyl (C=O) groups excluding carboxylic acids is 2. The standard InChI is InChI=1S/C21H35ClN6O2S/c1-6-7-8-23-21(30)28-10-9-27(12-15(28)4)18-11-17(22)25-20(26-18)31-13-19(29)24-16(5)14(2)3/h11,14-16H,6-10,12-13H2,1-5H3,(H,23,30)(H,24,29). The number of urea groups is 1. The largest absolute Gasteiger partial charge is 0.353 e. The van der Waals surface area contributed by atoms with E-state index in [-0.39, 0.29) is 29.8 Å². The zero-order valence-electron chi connectivity index (χ0n) is 19.2. The zero-order valence-corrected chi connectivity index (χ0v) is 20.7. The second-order valence-corrected chi connectivity index (χ2v) is 9.62. The SMILES string of the molecule is CCCCNC(=O)N1CCN(c2cc(Cl)nc(SCC(=O)NC(C)C(C)C)n2)CC1C. The minimum absolute atomic E-state index is 0.0146. The number of nitrogens with zero attached hydrogens (tertiary/aromatic N) is 4. The van der Waals surface area contributed by atoms with Crippen LogP contribution in [0.5, 0.6) is 0 Å². The zero-order chi connectivity index (χ0) is 23.0. The number of hydrogen-bond donors (Lipinski definition) is 2. The van der Waals surface area contributed by atoms with Crippen LogP contribution in [0.15, 0.2) is 11.2 Å². The predicted molar refractivity (Wildman–Crippen MR) is 127 cm³/mol. The first-order valence-electron chi connectivity index (χ1n) is 11.0. The average Bonchev–Trinajstić information content (AvgIpc) is 2.71. The Labute approximate surface area is 194 Å². The highest BCUT2D eigenvalue weighted by Crippen LogP contribution is 2.24. The van der Waals surface area contributed by atoms with E-state index in [4.69, 9.17) is 11.6 Å². The molecule has 1 aliphatic heterocycles. The van der Waals surface area contributed by atoms with Gasteiger partial charge >= 0.3 is 6.03 Å². The van der Waals surface area contributed by atoms with Crippen molar-refractivity contribution in [3.63, 3.8) is 0 Å². The van der Waals surface area contributed by atoms with Crippen LogP contribution in [0.2, 0.25) is 5.15 Å². The summed E-state index contributed by atoms with van der Waals surface area (Å²) in [6.07, 6.45) is 2.03. The summed E-state index contributed by atoms with van der Waals surface area (Å²) in [6.45, 7) is 12.9. The van der Waals surface area contributed by atoms with Crippen LogP contribution in [0, 0.1) is 5.92 Å². The highest BCUT2D eigenvalue weighted by molar-refractivity contribution is 7.99. The van der Waals surface area contributed by atoms with Gasteiger partial charge < -0.3 is 20.4 Å². The van der Waals surface area contributed by atoms with Gasteiger partial charge in [-0.2, -0.15) is 0 Å². The van der Waals surface area contributed by atoms with Crippen molar-refractivity contribution >= 4 is 41.1 Å². The molecule has 1 fully saturated rings. The lowest BCUT2D eigenvalue weighted by Crippen LogP contribution is -2.56. The Kier molecular flexibility index (Phi) is 10.2. The molecular formula is C21H35ClN6O2S.